The number of aromatic nitrogens is 3. The Labute approximate surface area is 80.8 Å². The Hall–Kier alpha value is -2.03. The van der Waals surface area contributed by atoms with Crippen molar-refractivity contribution in [2.24, 2.45) is 0 Å². The van der Waals surface area contributed by atoms with Gasteiger partial charge in [0, 0.05) is 17.1 Å². The van der Waals surface area contributed by atoms with E-state index in [1.807, 2.05) is 18.5 Å². The number of para-hydroxylation sites is 1. The Bertz CT molecular complexity index is 549. The van der Waals surface area contributed by atoms with E-state index in [1.165, 1.54) is 5.39 Å². The highest BCUT2D eigenvalue weighted by Crippen LogP contribution is 2.25. The summed E-state index contributed by atoms with van der Waals surface area (Å²) in [5.41, 5.74) is 3.35. The Balaban J connectivity index is 2.36. The molecule has 68 valence electrons. The van der Waals surface area contributed by atoms with Gasteiger partial charge in [-0.15, -0.1) is 0 Å². The van der Waals surface area contributed by atoms with E-state index < -0.39 is 0 Å². The molecule has 0 bridgehead atoms. The molecule has 0 aliphatic heterocycles. The molecule has 0 radical (unpaired) electrons. The number of hydrogen-bond donors (Lipinski definition) is 2. The molecule has 2 aromatic heterocycles. The van der Waals surface area contributed by atoms with Crippen molar-refractivity contribution in [3.8, 4) is 11.3 Å². The Morgan fingerprint density at radius 3 is 2.93 bits per heavy atom. The van der Waals surface area contributed by atoms with Crippen LogP contribution in [0.4, 0.5) is 0 Å². The summed E-state index contributed by atoms with van der Waals surface area (Å²) in [4.78, 5) is 10.4. The van der Waals surface area contributed by atoms with Gasteiger partial charge in [-0.05, 0) is 6.07 Å². The average Bonchev–Trinajstić information content (AvgIpc) is 2.88. The second-order valence-corrected chi connectivity index (χ2v) is 3.21. The van der Waals surface area contributed by atoms with E-state index in [9.17, 15) is 0 Å². The molecular formula is C11H9N3. The Morgan fingerprint density at radius 2 is 2.07 bits per heavy atom. The number of hydrogen-bond acceptors (Lipinski definition) is 1. The maximum Gasteiger partial charge on any atom is 0.0924 e. The summed E-state index contributed by atoms with van der Waals surface area (Å²) in [6, 6.07) is 8.28. The first-order valence-electron chi connectivity index (χ1n) is 4.50. The van der Waals surface area contributed by atoms with Gasteiger partial charge in [0.2, 0.25) is 0 Å². The second-order valence-electron chi connectivity index (χ2n) is 3.21. The zero-order valence-corrected chi connectivity index (χ0v) is 7.49. The Morgan fingerprint density at radius 1 is 1.07 bits per heavy atom. The van der Waals surface area contributed by atoms with Crippen LogP contribution in [0.25, 0.3) is 22.2 Å². The van der Waals surface area contributed by atoms with Crippen LogP contribution >= 0.6 is 0 Å². The molecule has 0 atom stereocenters. The monoisotopic (exact) mass is 183 g/mol. The third-order valence-corrected chi connectivity index (χ3v) is 2.38. The molecule has 1 aromatic carbocycles. The molecular weight excluding hydrogens is 174 g/mol. The van der Waals surface area contributed by atoms with Crippen LogP contribution in [0.3, 0.4) is 0 Å². The molecule has 14 heavy (non-hydrogen) atoms. The first-order valence-corrected chi connectivity index (χ1v) is 4.50. The first-order chi connectivity index (χ1) is 6.95. The molecule has 0 spiro atoms. The highest BCUT2D eigenvalue weighted by molar-refractivity contribution is 5.92. The van der Waals surface area contributed by atoms with E-state index in [-0.39, 0.29) is 0 Å². The maximum atomic E-state index is 4.02. The van der Waals surface area contributed by atoms with Crippen LogP contribution < -0.4 is 0 Å². The fourth-order valence-corrected chi connectivity index (χ4v) is 1.71. The molecule has 3 heteroatoms. The summed E-state index contributed by atoms with van der Waals surface area (Å²) in [6.45, 7) is 0. The lowest BCUT2D eigenvalue weighted by atomic mass is 10.1. The van der Waals surface area contributed by atoms with Crippen LogP contribution in [0.2, 0.25) is 0 Å². The van der Waals surface area contributed by atoms with Crippen molar-refractivity contribution in [1.82, 2.24) is 15.0 Å². The van der Waals surface area contributed by atoms with Crippen molar-refractivity contribution in [1.29, 1.82) is 0 Å². The lowest BCUT2D eigenvalue weighted by molar-refractivity contribution is 1.31. The van der Waals surface area contributed by atoms with Crippen molar-refractivity contribution in [2.45, 2.75) is 0 Å². The van der Waals surface area contributed by atoms with E-state index >= 15 is 0 Å². The predicted molar refractivity (Wildman–Crippen MR) is 55.9 cm³/mol. The molecule has 0 fully saturated rings. The fraction of sp³-hybridized carbons (Fsp3) is 0. The van der Waals surface area contributed by atoms with Crippen molar-refractivity contribution < 1.29 is 0 Å². The van der Waals surface area contributed by atoms with E-state index in [0.29, 0.717) is 0 Å². The SMILES string of the molecule is c1cc(-c2cnc[nH]2)c2[nH]ccc2c1. The number of H-pyrrole nitrogens is 2. The fourth-order valence-electron chi connectivity index (χ4n) is 1.71. The van der Waals surface area contributed by atoms with Crippen molar-refractivity contribution in [3.63, 3.8) is 0 Å². The summed E-state index contributed by atoms with van der Waals surface area (Å²) in [6.07, 6.45) is 5.47. The molecule has 3 rings (SSSR count). The second kappa shape index (κ2) is 2.73. The van der Waals surface area contributed by atoms with Gasteiger partial charge in [-0.2, -0.15) is 0 Å². The summed E-state index contributed by atoms with van der Waals surface area (Å²) in [5.74, 6) is 0. The quantitative estimate of drug-likeness (QED) is 0.598. The normalized spacial score (nSPS) is 10.9. The van der Waals surface area contributed by atoms with E-state index in [1.54, 1.807) is 6.33 Å². The Kier molecular flexibility index (Phi) is 1.44. The topological polar surface area (TPSA) is 44.5 Å². The van der Waals surface area contributed by atoms with Crippen molar-refractivity contribution in [2.75, 3.05) is 0 Å². The largest absolute Gasteiger partial charge is 0.361 e. The zero-order valence-electron chi connectivity index (χ0n) is 7.49. The van der Waals surface area contributed by atoms with Crippen LogP contribution in [0.5, 0.6) is 0 Å². The predicted octanol–water partition coefficient (Wildman–Crippen LogP) is 2.56. The molecule has 0 aliphatic rings. The number of fused-ring (bicyclic) bond motifs is 1. The van der Waals surface area contributed by atoms with Crippen LogP contribution in [-0.2, 0) is 0 Å². The molecule has 3 aromatic rings. The molecule has 2 N–H and O–H groups in total. The van der Waals surface area contributed by atoms with Gasteiger partial charge in [-0.25, -0.2) is 4.98 Å². The van der Waals surface area contributed by atoms with Gasteiger partial charge in [0.25, 0.3) is 0 Å². The van der Waals surface area contributed by atoms with Crippen LogP contribution in [0.1, 0.15) is 0 Å². The van der Waals surface area contributed by atoms with Crippen LogP contribution in [0, 0.1) is 0 Å². The van der Waals surface area contributed by atoms with Gasteiger partial charge in [0.05, 0.1) is 23.7 Å². The number of aromatic amines is 2. The molecule has 3 nitrogen and oxygen atoms in total. The number of nitrogens with zero attached hydrogens (tertiary/aromatic N) is 1. The lowest BCUT2D eigenvalue weighted by Crippen LogP contribution is -1.79. The zero-order chi connectivity index (χ0) is 9.38. The summed E-state index contributed by atoms with van der Waals surface area (Å²) < 4.78 is 0. The van der Waals surface area contributed by atoms with E-state index in [4.69, 9.17) is 0 Å². The number of rotatable bonds is 1. The lowest BCUT2D eigenvalue weighted by Gasteiger charge is -1.99. The summed E-state index contributed by atoms with van der Waals surface area (Å²) >= 11 is 0. The molecule has 2 heterocycles. The van der Waals surface area contributed by atoms with Gasteiger partial charge < -0.3 is 9.97 Å². The van der Waals surface area contributed by atoms with Gasteiger partial charge in [-0.3, -0.25) is 0 Å². The van der Waals surface area contributed by atoms with Gasteiger partial charge >= 0.3 is 0 Å². The van der Waals surface area contributed by atoms with E-state index in [2.05, 4.69) is 33.2 Å². The highest BCUT2D eigenvalue weighted by atomic mass is 14.9. The molecule has 0 saturated heterocycles. The number of benzene rings is 1. The third kappa shape index (κ3) is 0.956. The molecule has 0 saturated carbocycles. The minimum Gasteiger partial charge on any atom is -0.361 e. The smallest absolute Gasteiger partial charge is 0.0924 e. The van der Waals surface area contributed by atoms with Gasteiger partial charge in [0.15, 0.2) is 0 Å². The molecule has 0 unspecified atom stereocenters. The summed E-state index contributed by atoms with van der Waals surface area (Å²) in [5, 5.41) is 1.22. The highest BCUT2D eigenvalue weighted by Gasteiger charge is 2.04. The number of imidazole rings is 1. The molecule has 0 aliphatic carbocycles. The van der Waals surface area contributed by atoms with E-state index in [0.717, 1.165) is 16.8 Å². The average molecular weight is 183 g/mol. The third-order valence-electron chi connectivity index (χ3n) is 2.38. The van der Waals surface area contributed by atoms with Crippen LogP contribution in [-0.4, -0.2) is 15.0 Å². The minimum atomic E-state index is 1.04. The molecule has 0 amide bonds. The standard InChI is InChI=1S/C11H9N3/c1-2-8-4-5-13-11(8)9(3-1)10-6-12-7-14-10/h1-7,13H,(H,12,14). The summed E-state index contributed by atoms with van der Waals surface area (Å²) in [7, 11) is 0. The van der Waals surface area contributed by atoms with Crippen LogP contribution in [0.15, 0.2) is 43.0 Å². The van der Waals surface area contributed by atoms with Crippen molar-refractivity contribution >= 4 is 10.9 Å². The van der Waals surface area contributed by atoms with Crippen molar-refractivity contribution in [3.05, 3.63) is 43.0 Å². The number of nitrogens with one attached hydrogen (secondary N) is 2. The van der Waals surface area contributed by atoms with Gasteiger partial charge in [-0.1, -0.05) is 18.2 Å². The minimum absolute atomic E-state index is 1.04. The first kappa shape index (κ1) is 7.38. The van der Waals surface area contributed by atoms with Gasteiger partial charge in [0.1, 0.15) is 0 Å². The maximum absolute atomic E-state index is 4.02.